The van der Waals surface area contributed by atoms with Gasteiger partial charge < -0.3 is 13.5 Å². The molecule has 0 radical (unpaired) electrons. The van der Waals surface area contributed by atoms with Gasteiger partial charge in [-0.3, -0.25) is 4.79 Å². The van der Waals surface area contributed by atoms with E-state index in [2.05, 4.69) is 8.37 Å². The molecule has 1 N–H and O–H groups in total. The molecule has 0 saturated heterocycles. The molecule has 1 aromatic carbocycles. The van der Waals surface area contributed by atoms with Gasteiger partial charge in [-0.1, -0.05) is 0 Å². The highest BCUT2D eigenvalue weighted by Gasteiger charge is 2.52. The van der Waals surface area contributed by atoms with Crippen LogP contribution < -0.4 is 8.37 Å². The lowest BCUT2D eigenvalue weighted by Gasteiger charge is -2.37. The van der Waals surface area contributed by atoms with E-state index in [4.69, 9.17) is 5.11 Å². The van der Waals surface area contributed by atoms with Crippen LogP contribution in [-0.2, 0) is 36.9 Å². The molecule has 1 aromatic rings. The third kappa shape index (κ3) is 4.72. The number of benzene rings is 1. The van der Waals surface area contributed by atoms with Crippen LogP contribution in [0.2, 0.25) is 0 Å². The van der Waals surface area contributed by atoms with Crippen LogP contribution in [0.5, 0.6) is 11.5 Å². The van der Waals surface area contributed by atoms with Crippen molar-refractivity contribution < 1.29 is 61.4 Å². The Morgan fingerprint density at radius 2 is 1.33 bits per heavy atom. The molecule has 0 heterocycles. The summed E-state index contributed by atoms with van der Waals surface area (Å²) in [6, 6.07) is 1.44. The summed E-state index contributed by atoms with van der Waals surface area (Å²) in [5.74, 6) is -4.42. The Morgan fingerprint density at radius 1 is 0.879 bits per heavy atom. The second kappa shape index (κ2) is 7.92. The van der Waals surface area contributed by atoms with Gasteiger partial charge in [0.2, 0.25) is 0 Å². The standard InChI is InChI=1S/C17H16F6O8S2/c18-16(19,20)32(26,27)30-12-7-10-3-6-15(4-1-9(2-5-15)14(24)25)11(10)8-13(12)31-33(28,29)17(21,22)23/h7-9H,1-6H2,(H,24,25). The molecule has 1 spiro atoms. The lowest BCUT2D eigenvalue weighted by Crippen LogP contribution is -2.32. The number of carboxylic acid groups (broad SMARTS) is 1. The predicted octanol–water partition coefficient (Wildman–Crippen LogP) is 3.60. The van der Waals surface area contributed by atoms with E-state index in [1.807, 2.05) is 0 Å². The minimum absolute atomic E-state index is 0.168. The number of carboxylic acids is 1. The number of carbonyl (C=O) groups is 1. The summed E-state index contributed by atoms with van der Waals surface area (Å²) in [7, 11) is -12.7. The van der Waals surface area contributed by atoms with Crippen LogP contribution in [-0.4, -0.2) is 38.9 Å². The molecule has 0 amide bonds. The third-order valence-electron chi connectivity index (χ3n) is 5.87. The zero-order chi connectivity index (χ0) is 25.0. The highest BCUT2D eigenvalue weighted by Crippen LogP contribution is 2.53. The van der Waals surface area contributed by atoms with Gasteiger partial charge in [0.1, 0.15) is 0 Å². The molecule has 0 aromatic heterocycles. The Hall–Kier alpha value is -2.23. The first-order valence-corrected chi connectivity index (χ1v) is 12.1. The minimum atomic E-state index is -6.38. The van der Waals surface area contributed by atoms with Crippen molar-refractivity contribution >= 4 is 26.2 Å². The molecule has 0 unspecified atom stereocenters. The van der Waals surface area contributed by atoms with Crippen LogP contribution in [0.15, 0.2) is 12.1 Å². The molecular weight excluding hydrogens is 510 g/mol. The summed E-state index contributed by atoms with van der Waals surface area (Å²) < 4.78 is 130. The Morgan fingerprint density at radius 3 is 1.76 bits per heavy atom. The van der Waals surface area contributed by atoms with E-state index in [0.717, 1.165) is 6.07 Å². The van der Waals surface area contributed by atoms with E-state index < -0.39 is 60.1 Å². The molecule has 3 rings (SSSR count). The molecule has 1 fully saturated rings. The number of hydrogen-bond donors (Lipinski definition) is 1. The topological polar surface area (TPSA) is 124 Å². The zero-order valence-electron chi connectivity index (χ0n) is 16.4. The number of hydrogen-bond acceptors (Lipinski definition) is 7. The quantitative estimate of drug-likeness (QED) is 0.351. The van der Waals surface area contributed by atoms with Gasteiger partial charge in [-0.25, -0.2) is 0 Å². The molecule has 186 valence electrons. The van der Waals surface area contributed by atoms with E-state index in [-0.39, 0.29) is 43.2 Å². The summed E-state index contributed by atoms with van der Waals surface area (Å²) >= 11 is 0. The number of aryl methyl sites for hydroxylation is 1. The van der Waals surface area contributed by atoms with Crippen molar-refractivity contribution in [1.29, 1.82) is 0 Å². The molecule has 1 saturated carbocycles. The van der Waals surface area contributed by atoms with Gasteiger partial charge in [-0.15, -0.1) is 0 Å². The molecule has 16 heteroatoms. The molecule has 33 heavy (non-hydrogen) atoms. The smallest absolute Gasteiger partial charge is 0.481 e. The van der Waals surface area contributed by atoms with Gasteiger partial charge in [-0.2, -0.15) is 43.2 Å². The van der Waals surface area contributed by atoms with E-state index in [0.29, 0.717) is 12.5 Å². The Balaban J connectivity index is 2.09. The number of rotatable bonds is 5. The molecule has 8 nitrogen and oxygen atoms in total. The van der Waals surface area contributed by atoms with Crippen molar-refractivity contribution in [2.75, 3.05) is 0 Å². The van der Waals surface area contributed by atoms with Gasteiger partial charge in [0, 0.05) is 0 Å². The highest BCUT2D eigenvalue weighted by atomic mass is 32.2. The van der Waals surface area contributed by atoms with Crippen LogP contribution in [0, 0.1) is 5.92 Å². The maximum atomic E-state index is 12.8. The summed E-state index contributed by atoms with van der Waals surface area (Å²) in [6.07, 6.45) is 1.48. The van der Waals surface area contributed by atoms with Crippen molar-refractivity contribution in [2.45, 2.75) is 55.0 Å². The first kappa shape index (κ1) is 25.4. The number of aliphatic carboxylic acids is 1. The Bertz CT molecular complexity index is 1160. The molecule has 2 aliphatic rings. The van der Waals surface area contributed by atoms with Crippen molar-refractivity contribution in [3.63, 3.8) is 0 Å². The summed E-state index contributed by atoms with van der Waals surface area (Å²) in [5, 5.41) is 9.16. The number of fused-ring (bicyclic) bond motifs is 2. The molecular formula is C17H16F6O8S2. The first-order valence-electron chi connectivity index (χ1n) is 9.30. The van der Waals surface area contributed by atoms with Crippen LogP contribution in [0.1, 0.15) is 43.2 Å². The predicted molar refractivity (Wildman–Crippen MR) is 97.2 cm³/mol. The second-order valence-electron chi connectivity index (χ2n) is 7.82. The maximum absolute atomic E-state index is 12.8. The second-order valence-corrected chi connectivity index (χ2v) is 10.9. The third-order valence-corrected chi connectivity index (χ3v) is 7.80. The average molecular weight is 526 g/mol. The maximum Gasteiger partial charge on any atom is 0.534 e. The van der Waals surface area contributed by atoms with E-state index in [1.165, 1.54) is 0 Å². The van der Waals surface area contributed by atoms with Gasteiger partial charge in [-0.05, 0) is 67.2 Å². The normalized spacial score (nSPS) is 23.9. The summed E-state index contributed by atoms with van der Waals surface area (Å²) in [5.41, 5.74) is -12.2. The van der Waals surface area contributed by atoms with Gasteiger partial charge >= 0.3 is 37.2 Å². The summed E-state index contributed by atoms with van der Waals surface area (Å²) in [6.45, 7) is 0. The zero-order valence-corrected chi connectivity index (χ0v) is 18.0. The van der Waals surface area contributed by atoms with E-state index >= 15 is 0 Å². The largest absolute Gasteiger partial charge is 0.534 e. The molecule has 0 aliphatic heterocycles. The van der Waals surface area contributed by atoms with Crippen molar-refractivity contribution in [1.82, 2.24) is 0 Å². The fraction of sp³-hybridized carbons (Fsp3) is 0.588. The van der Waals surface area contributed by atoms with Crippen molar-refractivity contribution in [3.8, 4) is 11.5 Å². The molecule has 0 bridgehead atoms. The van der Waals surface area contributed by atoms with E-state index in [1.54, 1.807) is 0 Å². The molecule has 2 aliphatic carbocycles. The van der Waals surface area contributed by atoms with Crippen LogP contribution >= 0.6 is 0 Å². The van der Waals surface area contributed by atoms with E-state index in [9.17, 15) is 48.0 Å². The highest BCUT2D eigenvalue weighted by molar-refractivity contribution is 7.88. The van der Waals surface area contributed by atoms with Gasteiger partial charge in [0.15, 0.2) is 11.5 Å². The average Bonchev–Trinajstić information content (AvgIpc) is 2.97. The van der Waals surface area contributed by atoms with Gasteiger partial charge in [0.25, 0.3) is 0 Å². The van der Waals surface area contributed by atoms with Crippen molar-refractivity contribution in [3.05, 3.63) is 23.3 Å². The molecule has 0 atom stereocenters. The number of halogens is 6. The Kier molecular flexibility index (Phi) is 6.10. The van der Waals surface area contributed by atoms with Crippen LogP contribution in [0.3, 0.4) is 0 Å². The van der Waals surface area contributed by atoms with Crippen LogP contribution in [0.4, 0.5) is 26.3 Å². The fourth-order valence-electron chi connectivity index (χ4n) is 4.21. The minimum Gasteiger partial charge on any atom is -0.481 e. The Labute approximate surface area is 183 Å². The summed E-state index contributed by atoms with van der Waals surface area (Å²) in [4.78, 5) is 11.2. The SMILES string of the molecule is O=C(O)C1CCC2(CCc3cc(OS(=O)(=O)C(F)(F)F)c(OS(=O)(=O)C(F)(F)F)cc32)CC1. The first-order chi connectivity index (χ1) is 14.9. The number of alkyl halides is 6. The van der Waals surface area contributed by atoms with Gasteiger partial charge in [0.05, 0.1) is 5.92 Å². The lowest BCUT2D eigenvalue weighted by molar-refractivity contribution is -0.143. The lowest BCUT2D eigenvalue weighted by atomic mass is 9.67. The fourth-order valence-corrected chi connectivity index (χ4v) is 5.13. The van der Waals surface area contributed by atoms with Crippen LogP contribution in [0.25, 0.3) is 0 Å². The monoisotopic (exact) mass is 526 g/mol. The van der Waals surface area contributed by atoms with Crippen molar-refractivity contribution in [2.24, 2.45) is 5.92 Å².